The molecule has 1 aromatic carbocycles. The summed E-state index contributed by atoms with van der Waals surface area (Å²) < 4.78 is 45.2. The number of hydrogen-bond acceptors (Lipinski definition) is 5. The van der Waals surface area contributed by atoms with E-state index in [9.17, 15) is 22.8 Å². The maximum atomic E-state index is 11.9. The van der Waals surface area contributed by atoms with Gasteiger partial charge in [0.15, 0.2) is 0 Å². The standard InChI is InChI=1S/C20H28F3NO4/c1-19(2,3)11-14-27-16-8-6-15(7-9-16)5-4-12-24-13-10-17(25)28-18(26)20(21,22)23/h6-9,24H,4-5,10-14H2,1-3H3. The minimum Gasteiger partial charge on any atom is -0.494 e. The van der Waals surface area contributed by atoms with Crippen molar-refractivity contribution in [1.29, 1.82) is 0 Å². The van der Waals surface area contributed by atoms with Crippen molar-refractivity contribution < 1.29 is 32.2 Å². The van der Waals surface area contributed by atoms with Crippen molar-refractivity contribution in [2.45, 2.75) is 52.6 Å². The predicted octanol–water partition coefficient (Wildman–Crippen LogP) is 4.05. The molecule has 0 heterocycles. The van der Waals surface area contributed by atoms with Crippen molar-refractivity contribution in [3.63, 3.8) is 0 Å². The van der Waals surface area contributed by atoms with Crippen molar-refractivity contribution >= 4 is 11.9 Å². The van der Waals surface area contributed by atoms with Crippen LogP contribution in [0.25, 0.3) is 0 Å². The molecule has 0 bridgehead atoms. The summed E-state index contributed by atoms with van der Waals surface area (Å²) in [5, 5.41) is 2.93. The van der Waals surface area contributed by atoms with Crippen LogP contribution in [0.15, 0.2) is 24.3 Å². The minimum atomic E-state index is -5.16. The van der Waals surface area contributed by atoms with E-state index in [2.05, 4.69) is 30.8 Å². The molecular weight excluding hydrogens is 375 g/mol. The molecule has 0 atom stereocenters. The van der Waals surface area contributed by atoms with Gasteiger partial charge >= 0.3 is 18.1 Å². The Balaban J connectivity index is 2.14. The molecule has 0 spiro atoms. The predicted molar refractivity (Wildman–Crippen MR) is 99.0 cm³/mol. The molecule has 0 amide bonds. The Kier molecular flexibility index (Phi) is 9.45. The second-order valence-electron chi connectivity index (χ2n) is 7.67. The van der Waals surface area contributed by atoms with Gasteiger partial charge in [-0.05, 0) is 48.9 Å². The van der Waals surface area contributed by atoms with Gasteiger partial charge in [-0.25, -0.2) is 4.79 Å². The Morgan fingerprint density at radius 2 is 1.68 bits per heavy atom. The van der Waals surface area contributed by atoms with Gasteiger partial charge in [-0.2, -0.15) is 13.2 Å². The van der Waals surface area contributed by atoms with Crippen molar-refractivity contribution in [3.05, 3.63) is 29.8 Å². The summed E-state index contributed by atoms with van der Waals surface area (Å²) in [7, 11) is 0. The van der Waals surface area contributed by atoms with Gasteiger partial charge in [0.25, 0.3) is 0 Å². The van der Waals surface area contributed by atoms with Gasteiger partial charge in [0.2, 0.25) is 0 Å². The molecule has 0 fully saturated rings. The number of halogens is 3. The highest BCUT2D eigenvalue weighted by Gasteiger charge is 2.42. The first-order valence-electron chi connectivity index (χ1n) is 9.22. The Hall–Kier alpha value is -2.09. The maximum Gasteiger partial charge on any atom is 0.491 e. The van der Waals surface area contributed by atoms with E-state index in [-0.39, 0.29) is 18.4 Å². The lowest BCUT2D eigenvalue weighted by Crippen LogP contribution is -2.29. The molecule has 0 saturated carbocycles. The molecule has 0 saturated heterocycles. The molecule has 0 aliphatic heterocycles. The van der Waals surface area contributed by atoms with Gasteiger partial charge in [-0.3, -0.25) is 4.79 Å². The van der Waals surface area contributed by atoms with Crippen LogP contribution in [0, 0.1) is 5.41 Å². The highest BCUT2D eigenvalue weighted by molar-refractivity contribution is 5.88. The zero-order chi connectivity index (χ0) is 21.2. The second kappa shape index (κ2) is 11.0. The van der Waals surface area contributed by atoms with Gasteiger partial charge in [0.05, 0.1) is 13.0 Å². The number of benzene rings is 1. The van der Waals surface area contributed by atoms with E-state index >= 15 is 0 Å². The van der Waals surface area contributed by atoms with E-state index in [1.807, 2.05) is 24.3 Å². The molecule has 0 unspecified atom stereocenters. The number of esters is 2. The van der Waals surface area contributed by atoms with E-state index in [1.165, 1.54) is 0 Å². The number of carbonyl (C=O) groups is 2. The van der Waals surface area contributed by atoms with Crippen LogP contribution < -0.4 is 10.1 Å². The van der Waals surface area contributed by atoms with Gasteiger partial charge < -0.3 is 14.8 Å². The normalized spacial score (nSPS) is 11.9. The lowest BCUT2D eigenvalue weighted by molar-refractivity contribution is -0.201. The van der Waals surface area contributed by atoms with E-state index < -0.39 is 18.1 Å². The van der Waals surface area contributed by atoms with E-state index in [0.717, 1.165) is 30.6 Å². The average molecular weight is 403 g/mol. The number of rotatable bonds is 10. The van der Waals surface area contributed by atoms with Crippen LogP contribution in [-0.2, 0) is 20.7 Å². The van der Waals surface area contributed by atoms with Crippen LogP contribution in [-0.4, -0.2) is 37.8 Å². The van der Waals surface area contributed by atoms with E-state index in [0.29, 0.717) is 13.2 Å². The van der Waals surface area contributed by atoms with Crippen LogP contribution in [0.5, 0.6) is 5.75 Å². The molecule has 5 nitrogen and oxygen atoms in total. The Bertz CT molecular complexity index is 622. The fourth-order valence-electron chi connectivity index (χ4n) is 2.17. The first-order chi connectivity index (χ1) is 13.0. The molecule has 1 aromatic rings. The fourth-order valence-corrected chi connectivity index (χ4v) is 2.17. The Morgan fingerprint density at radius 3 is 2.25 bits per heavy atom. The summed E-state index contributed by atoms with van der Waals surface area (Å²) in [5.41, 5.74) is 1.37. The van der Waals surface area contributed by atoms with Crippen LogP contribution >= 0.6 is 0 Å². The molecule has 0 aliphatic carbocycles. The minimum absolute atomic E-state index is 0.143. The van der Waals surface area contributed by atoms with Crippen molar-refractivity contribution in [1.82, 2.24) is 5.32 Å². The third-order valence-electron chi connectivity index (χ3n) is 3.81. The van der Waals surface area contributed by atoms with Crippen molar-refractivity contribution in [3.8, 4) is 5.75 Å². The number of nitrogens with one attached hydrogen (secondary N) is 1. The smallest absolute Gasteiger partial charge is 0.491 e. The van der Waals surface area contributed by atoms with E-state index in [1.54, 1.807) is 0 Å². The zero-order valence-electron chi connectivity index (χ0n) is 16.5. The molecule has 28 heavy (non-hydrogen) atoms. The van der Waals surface area contributed by atoms with E-state index in [4.69, 9.17) is 4.74 Å². The quantitative estimate of drug-likeness (QED) is 0.363. The van der Waals surface area contributed by atoms with Crippen LogP contribution in [0.4, 0.5) is 13.2 Å². The maximum absolute atomic E-state index is 11.9. The number of carbonyl (C=O) groups excluding carboxylic acids is 2. The highest BCUT2D eigenvalue weighted by atomic mass is 19.4. The third kappa shape index (κ3) is 10.9. The van der Waals surface area contributed by atoms with Gasteiger partial charge in [-0.15, -0.1) is 0 Å². The molecule has 8 heteroatoms. The number of alkyl halides is 3. The number of hydrogen-bond donors (Lipinski definition) is 1. The van der Waals surface area contributed by atoms with Crippen molar-refractivity contribution in [2.75, 3.05) is 19.7 Å². The first kappa shape index (κ1) is 23.9. The topological polar surface area (TPSA) is 64.6 Å². The van der Waals surface area contributed by atoms with Gasteiger partial charge in [0, 0.05) is 6.54 Å². The highest BCUT2D eigenvalue weighted by Crippen LogP contribution is 2.20. The molecule has 0 aliphatic rings. The third-order valence-corrected chi connectivity index (χ3v) is 3.81. The fraction of sp³-hybridized carbons (Fsp3) is 0.600. The summed E-state index contributed by atoms with van der Waals surface area (Å²) >= 11 is 0. The molecule has 1 rings (SSSR count). The molecule has 1 N–H and O–H groups in total. The lowest BCUT2D eigenvalue weighted by Gasteiger charge is -2.18. The molecule has 0 radical (unpaired) electrons. The molecule has 0 aromatic heterocycles. The molecule has 158 valence electrons. The first-order valence-corrected chi connectivity index (χ1v) is 9.22. The monoisotopic (exact) mass is 403 g/mol. The van der Waals surface area contributed by atoms with Gasteiger partial charge in [-0.1, -0.05) is 32.9 Å². The SMILES string of the molecule is CC(C)(C)CCOc1ccc(CCCNCCC(=O)OC(=O)C(F)(F)F)cc1. The number of ether oxygens (including phenoxy) is 2. The van der Waals surface area contributed by atoms with Crippen LogP contribution in [0.2, 0.25) is 0 Å². The summed E-state index contributed by atoms with van der Waals surface area (Å²) in [6.07, 6.45) is -2.88. The average Bonchev–Trinajstić information content (AvgIpc) is 2.57. The summed E-state index contributed by atoms with van der Waals surface area (Å²) in [5.74, 6) is -2.85. The number of aryl methyl sites for hydroxylation is 1. The lowest BCUT2D eigenvalue weighted by atomic mass is 9.93. The van der Waals surface area contributed by atoms with Crippen molar-refractivity contribution in [2.24, 2.45) is 5.41 Å². The van der Waals surface area contributed by atoms with Crippen LogP contribution in [0.3, 0.4) is 0 Å². The second-order valence-corrected chi connectivity index (χ2v) is 7.67. The summed E-state index contributed by atoms with van der Waals surface area (Å²) in [4.78, 5) is 21.6. The summed E-state index contributed by atoms with van der Waals surface area (Å²) in [6.45, 7) is 7.90. The Morgan fingerprint density at radius 1 is 1.04 bits per heavy atom. The Labute approximate surface area is 163 Å². The van der Waals surface area contributed by atoms with Crippen LogP contribution in [0.1, 0.15) is 45.6 Å². The largest absolute Gasteiger partial charge is 0.494 e. The van der Waals surface area contributed by atoms with Gasteiger partial charge in [0.1, 0.15) is 5.75 Å². The molecular formula is C20H28F3NO4. The zero-order valence-corrected chi connectivity index (χ0v) is 16.5. The summed E-state index contributed by atoms with van der Waals surface area (Å²) in [6, 6.07) is 7.84.